The maximum atomic E-state index is 12.3. The van der Waals surface area contributed by atoms with Crippen LogP contribution in [-0.2, 0) is 6.54 Å². The average molecular weight is 318 g/mol. The summed E-state index contributed by atoms with van der Waals surface area (Å²) in [5, 5.41) is 12.1. The number of rotatable bonds is 4. The fourth-order valence-electron chi connectivity index (χ4n) is 2.27. The zero-order valence-corrected chi connectivity index (χ0v) is 13.1. The average Bonchev–Trinajstić information content (AvgIpc) is 3.10. The van der Waals surface area contributed by atoms with E-state index in [0.717, 1.165) is 16.0 Å². The van der Waals surface area contributed by atoms with Gasteiger partial charge in [0, 0.05) is 17.0 Å². The largest absolute Gasteiger partial charge is 0.347 e. The van der Waals surface area contributed by atoms with Crippen LogP contribution < -0.4 is 5.32 Å². The minimum absolute atomic E-state index is 0.0976. The number of amides is 1. The molecule has 3 rings (SSSR count). The molecule has 0 saturated heterocycles. The molecule has 0 spiro atoms. The molecule has 1 aromatic heterocycles. The zero-order valence-electron chi connectivity index (χ0n) is 12.3. The second kappa shape index (κ2) is 6.91. The van der Waals surface area contributed by atoms with Gasteiger partial charge < -0.3 is 5.32 Å². The molecule has 0 atom stereocenters. The number of carbonyl (C=O) groups is 1. The van der Waals surface area contributed by atoms with Gasteiger partial charge in [0.2, 0.25) is 0 Å². The van der Waals surface area contributed by atoms with Crippen LogP contribution >= 0.6 is 11.3 Å². The highest BCUT2D eigenvalue weighted by Crippen LogP contribution is 2.30. The summed E-state index contributed by atoms with van der Waals surface area (Å²) in [7, 11) is 0. The van der Waals surface area contributed by atoms with Crippen LogP contribution in [0, 0.1) is 11.3 Å². The molecule has 0 saturated carbocycles. The molecule has 1 heterocycles. The Morgan fingerprint density at radius 1 is 1.00 bits per heavy atom. The molecule has 23 heavy (non-hydrogen) atoms. The molecular formula is C19H14N2OS. The molecular weight excluding hydrogens is 304 g/mol. The van der Waals surface area contributed by atoms with Gasteiger partial charge in [0.1, 0.15) is 0 Å². The third-order valence-corrected chi connectivity index (χ3v) is 4.56. The molecule has 0 bridgehead atoms. The van der Waals surface area contributed by atoms with Gasteiger partial charge in [0.15, 0.2) is 0 Å². The monoisotopic (exact) mass is 318 g/mol. The summed E-state index contributed by atoms with van der Waals surface area (Å²) in [5.74, 6) is -0.0976. The standard InChI is InChI=1S/C19H14N2OS/c20-12-15-8-4-5-9-16(15)17-10-11-18(23-17)19(22)21-13-14-6-2-1-3-7-14/h1-11H,13H2,(H,21,22). The van der Waals surface area contributed by atoms with Crippen LogP contribution in [0.15, 0.2) is 66.7 Å². The van der Waals surface area contributed by atoms with Gasteiger partial charge >= 0.3 is 0 Å². The second-order valence-electron chi connectivity index (χ2n) is 4.99. The third-order valence-electron chi connectivity index (χ3n) is 3.44. The maximum absolute atomic E-state index is 12.3. The molecule has 2 aromatic carbocycles. The zero-order chi connectivity index (χ0) is 16.1. The fraction of sp³-hybridized carbons (Fsp3) is 0.0526. The first-order valence-electron chi connectivity index (χ1n) is 7.19. The normalized spacial score (nSPS) is 10.0. The lowest BCUT2D eigenvalue weighted by Gasteiger charge is -2.03. The first-order chi connectivity index (χ1) is 11.3. The molecule has 0 unspecified atom stereocenters. The lowest BCUT2D eigenvalue weighted by molar-refractivity contribution is 0.0955. The van der Waals surface area contributed by atoms with Crippen molar-refractivity contribution >= 4 is 17.2 Å². The van der Waals surface area contributed by atoms with E-state index in [4.69, 9.17) is 0 Å². The van der Waals surface area contributed by atoms with E-state index in [0.29, 0.717) is 17.0 Å². The first-order valence-corrected chi connectivity index (χ1v) is 8.01. The topological polar surface area (TPSA) is 52.9 Å². The molecule has 1 N–H and O–H groups in total. The van der Waals surface area contributed by atoms with E-state index in [-0.39, 0.29) is 5.91 Å². The van der Waals surface area contributed by atoms with Crippen LogP contribution in [0.4, 0.5) is 0 Å². The van der Waals surface area contributed by atoms with E-state index in [9.17, 15) is 10.1 Å². The van der Waals surface area contributed by atoms with Crippen molar-refractivity contribution in [2.75, 3.05) is 0 Å². The summed E-state index contributed by atoms with van der Waals surface area (Å²) < 4.78 is 0. The molecule has 0 aliphatic carbocycles. The van der Waals surface area contributed by atoms with Gasteiger partial charge in [-0.15, -0.1) is 11.3 Å². The van der Waals surface area contributed by atoms with E-state index >= 15 is 0 Å². The molecule has 0 aliphatic rings. The number of nitrogens with zero attached hydrogens (tertiary/aromatic N) is 1. The summed E-state index contributed by atoms with van der Waals surface area (Å²) in [5.41, 5.74) is 2.54. The smallest absolute Gasteiger partial charge is 0.261 e. The van der Waals surface area contributed by atoms with E-state index in [1.165, 1.54) is 11.3 Å². The molecule has 112 valence electrons. The van der Waals surface area contributed by atoms with Crippen molar-refractivity contribution in [3.63, 3.8) is 0 Å². The first kappa shape index (κ1) is 15.0. The van der Waals surface area contributed by atoms with Gasteiger partial charge in [-0.25, -0.2) is 0 Å². The summed E-state index contributed by atoms with van der Waals surface area (Å²) in [6, 6.07) is 23.1. The van der Waals surface area contributed by atoms with Crippen LogP contribution in [0.1, 0.15) is 20.8 Å². The molecule has 0 radical (unpaired) electrons. The number of hydrogen-bond acceptors (Lipinski definition) is 3. The van der Waals surface area contributed by atoms with E-state index in [1.54, 1.807) is 12.1 Å². The number of carbonyl (C=O) groups excluding carboxylic acids is 1. The molecule has 0 fully saturated rings. The third kappa shape index (κ3) is 3.47. The number of benzene rings is 2. The summed E-state index contributed by atoms with van der Waals surface area (Å²) >= 11 is 1.40. The molecule has 3 nitrogen and oxygen atoms in total. The fourth-order valence-corrected chi connectivity index (χ4v) is 3.23. The predicted molar refractivity (Wildman–Crippen MR) is 92.1 cm³/mol. The van der Waals surface area contributed by atoms with Gasteiger partial charge in [-0.3, -0.25) is 4.79 Å². The summed E-state index contributed by atoms with van der Waals surface area (Å²) in [6.45, 7) is 0.502. The van der Waals surface area contributed by atoms with Gasteiger partial charge in [-0.1, -0.05) is 48.5 Å². The Hall–Kier alpha value is -2.90. The molecule has 0 aliphatic heterocycles. The van der Waals surface area contributed by atoms with Crippen LogP contribution in [-0.4, -0.2) is 5.91 Å². The predicted octanol–water partition coefficient (Wildman–Crippen LogP) is 4.22. The maximum Gasteiger partial charge on any atom is 0.261 e. The van der Waals surface area contributed by atoms with Crippen LogP contribution in [0.25, 0.3) is 10.4 Å². The highest BCUT2D eigenvalue weighted by molar-refractivity contribution is 7.17. The summed E-state index contributed by atoms with van der Waals surface area (Å²) in [6.07, 6.45) is 0. The Kier molecular flexibility index (Phi) is 4.51. The van der Waals surface area contributed by atoms with Gasteiger partial charge in [-0.05, 0) is 23.8 Å². The number of thiophene rings is 1. The Morgan fingerprint density at radius 3 is 2.52 bits per heavy atom. The minimum atomic E-state index is -0.0976. The van der Waals surface area contributed by atoms with Crippen molar-refractivity contribution in [1.29, 1.82) is 5.26 Å². The number of nitrogens with one attached hydrogen (secondary N) is 1. The van der Waals surface area contributed by atoms with Gasteiger partial charge in [-0.2, -0.15) is 5.26 Å². The highest BCUT2D eigenvalue weighted by atomic mass is 32.1. The molecule has 4 heteroatoms. The van der Waals surface area contributed by atoms with Gasteiger partial charge in [0.05, 0.1) is 16.5 Å². The lowest BCUT2D eigenvalue weighted by atomic mass is 10.1. The quantitative estimate of drug-likeness (QED) is 0.783. The van der Waals surface area contributed by atoms with Crippen molar-refractivity contribution in [2.45, 2.75) is 6.54 Å². The second-order valence-corrected chi connectivity index (χ2v) is 6.07. The number of hydrogen-bond donors (Lipinski definition) is 1. The van der Waals surface area contributed by atoms with E-state index in [1.807, 2.05) is 54.6 Å². The van der Waals surface area contributed by atoms with Crippen molar-refractivity contribution in [2.24, 2.45) is 0 Å². The Labute approximate surface area is 138 Å². The molecule has 3 aromatic rings. The van der Waals surface area contributed by atoms with E-state index < -0.39 is 0 Å². The van der Waals surface area contributed by atoms with Crippen LogP contribution in [0.3, 0.4) is 0 Å². The Morgan fingerprint density at radius 2 is 1.74 bits per heavy atom. The highest BCUT2D eigenvalue weighted by Gasteiger charge is 2.12. The SMILES string of the molecule is N#Cc1ccccc1-c1ccc(C(=O)NCc2ccccc2)s1. The van der Waals surface area contributed by atoms with Crippen LogP contribution in [0.2, 0.25) is 0 Å². The summed E-state index contributed by atoms with van der Waals surface area (Å²) in [4.78, 5) is 13.8. The Bertz CT molecular complexity index is 862. The molecule has 1 amide bonds. The Balaban J connectivity index is 1.74. The van der Waals surface area contributed by atoms with Crippen LogP contribution in [0.5, 0.6) is 0 Å². The van der Waals surface area contributed by atoms with Crippen molar-refractivity contribution in [3.8, 4) is 16.5 Å². The van der Waals surface area contributed by atoms with Crippen molar-refractivity contribution in [1.82, 2.24) is 5.32 Å². The van der Waals surface area contributed by atoms with Crippen molar-refractivity contribution in [3.05, 3.63) is 82.7 Å². The van der Waals surface area contributed by atoms with E-state index in [2.05, 4.69) is 11.4 Å². The minimum Gasteiger partial charge on any atom is -0.347 e. The van der Waals surface area contributed by atoms with Crippen molar-refractivity contribution < 1.29 is 4.79 Å². The lowest BCUT2D eigenvalue weighted by Crippen LogP contribution is -2.21. The number of nitriles is 1. The van der Waals surface area contributed by atoms with Gasteiger partial charge in [0.25, 0.3) is 5.91 Å².